The topological polar surface area (TPSA) is 17.1 Å². The molecule has 0 amide bonds. The third-order valence-corrected chi connectivity index (χ3v) is 5.11. The fraction of sp³-hybridized carbons (Fsp3) is 0.182. The maximum atomic E-state index is 11.6. The molecule has 2 heteroatoms. The normalized spacial score (nSPS) is 15.2. The molecule has 64 valence electrons. The summed E-state index contributed by atoms with van der Waals surface area (Å²) in [6.45, 7) is 0. The summed E-state index contributed by atoms with van der Waals surface area (Å²) in [5.74, 6) is 0.363. The Morgan fingerprint density at radius 3 is 2.92 bits per heavy atom. The molecule has 1 aliphatic carbocycles. The van der Waals surface area contributed by atoms with E-state index < -0.39 is 0 Å². The Morgan fingerprint density at radius 1 is 1.15 bits per heavy atom. The number of carbonyl (C=O) groups excluding carboxylic acids is 1. The van der Waals surface area contributed by atoms with Crippen molar-refractivity contribution < 1.29 is 4.79 Å². The van der Waals surface area contributed by atoms with Crippen LogP contribution >= 0.6 is 0 Å². The number of ketones is 1. The zero-order valence-corrected chi connectivity index (χ0v) is 8.75. The van der Waals surface area contributed by atoms with Crippen molar-refractivity contribution in [3.8, 4) is 0 Å². The van der Waals surface area contributed by atoms with Crippen LogP contribution in [-0.4, -0.2) is 20.3 Å². The van der Waals surface area contributed by atoms with Crippen molar-refractivity contribution in [2.45, 2.75) is 12.8 Å². The summed E-state index contributed by atoms with van der Waals surface area (Å²) in [6, 6.07) is 8.33. The van der Waals surface area contributed by atoms with Crippen molar-refractivity contribution >= 4 is 29.9 Å². The minimum atomic E-state index is 0.363. The zero-order valence-electron chi connectivity index (χ0n) is 7.04. The van der Waals surface area contributed by atoms with E-state index in [4.69, 9.17) is 0 Å². The summed E-state index contributed by atoms with van der Waals surface area (Å²) in [7, 11) is 0. The van der Waals surface area contributed by atoms with Crippen LogP contribution in [0, 0.1) is 0 Å². The first-order valence-electron chi connectivity index (χ1n) is 4.40. The second-order valence-corrected chi connectivity index (χ2v) is 5.70. The van der Waals surface area contributed by atoms with E-state index in [1.54, 1.807) is 0 Å². The minimum absolute atomic E-state index is 0.363. The van der Waals surface area contributed by atoms with Gasteiger partial charge in [-0.3, -0.25) is 0 Å². The van der Waals surface area contributed by atoms with Gasteiger partial charge in [0.1, 0.15) is 0 Å². The first kappa shape index (κ1) is 7.54. The SMILES string of the molecule is O=C1CCc2[se]c3ccccc3c21. The van der Waals surface area contributed by atoms with E-state index in [0.29, 0.717) is 20.3 Å². The number of fused-ring (bicyclic) bond motifs is 3. The van der Waals surface area contributed by atoms with Crippen LogP contribution in [0.15, 0.2) is 24.3 Å². The number of benzene rings is 1. The van der Waals surface area contributed by atoms with E-state index >= 15 is 0 Å². The van der Waals surface area contributed by atoms with Crippen molar-refractivity contribution in [2.75, 3.05) is 0 Å². The number of Topliss-reactive ketones (excluding diaryl/α,β-unsaturated/α-hetero) is 1. The van der Waals surface area contributed by atoms with Gasteiger partial charge in [-0.15, -0.1) is 0 Å². The van der Waals surface area contributed by atoms with Gasteiger partial charge in [-0.05, 0) is 0 Å². The molecule has 1 aliphatic rings. The Bertz CT molecular complexity index is 496. The van der Waals surface area contributed by atoms with Crippen LogP contribution in [0.25, 0.3) is 9.65 Å². The molecule has 1 heterocycles. The van der Waals surface area contributed by atoms with Crippen LogP contribution in [0.5, 0.6) is 0 Å². The second kappa shape index (κ2) is 2.57. The summed E-state index contributed by atoms with van der Waals surface area (Å²) in [4.78, 5) is 11.6. The van der Waals surface area contributed by atoms with Crippen LogP contribution in [0.4, 0.5) is 0 Å². The molecule has 3 rings (SSSR count). The number of aryl methyl sites for hydroxylation is 1. The van der Waals surface area contributed by atoms with Gasteiger partial charge >= 0.3 is 81.8 Å². The van der Waals surface area contributed by atoms with Gasteiger partial charge in [-0.2, -0.15) is 0 Å². The molecule has 0 saturated heterocycles. The van der Waals surface area contributed by atoms with Gasteiger partial charge in [0.15, 0.2) is 0 Å². The average Bonchev–Trinajstić information content (AvgIpc) is 2.66. The van der Waals surface area contributed by atoms with Gasteiger partial charge in [0, 0.05) is 0 Å². The molecule has 0 fully saturated rings. The molecule has 0 atom stereocenters. The van der Waals surface area contributed by atoms with Crippen LogP contribution in [0.3, 0.4) is 0 Å². The van der Waals surface area contributed by atoms with Crippen molar-refractivity contribution in [2.24, 2.45) is 0 Å². The Hall–Kier alpha value is -0.851. The van der Waals surface area contributed by atoms with Crippen molar-refractivity contribution in [1.82, 2.24) is 0 Å². The number of rotatable bonds is 0. The molecule has 0 N–H and O–H groups in total. The predicted octanol–water partition coefficient (Wildman–Crippen LogP) is 2.03. The average molecular weight is 235 g/mol. The van der Waals surface area contributed by atoms with Crippen molar-refractivity contribution in [3.05, 3.63) is 34.3 Å². The first-order valence-corrected chi connectivity index (χ1v) is 6.11. The molecular formula is C11H8OSe. The molecule has 0 aliphatic heterocycles. The molecule has 0 unspecified atom stereocenters. The number of hydrogen-bond donors (Lipinski definition) is 0. The van der Waals surface area contributed by atoms with Gasteiger partial charge < -0.3 is 0 Å². The molecule has 1 aromatic heterocycles. The van der Waals surface area contributed by atoms with E-state index in [1.165, 1.54) is 14.1 Å². The fourth-order valence-corrected chi connectivity index (χ4v) is 4.49. The molecule has 2 aromatic rings. The van der Waals surface area contributed by atoms with Gasteiger partial charge in [-0.25, -0.2) is 0 Å². The third kappa shape index (κ3) is 0.962. The van der Waals surface area contributed by atoms with Crippen LogP contribution in [0.2, 0.25) is 0 Å². The van der Waals surface area contributed by atoms with Gasteiger partial charge in [0.2, 0.25) is 0 Å². The number of hydrogen-bond acceptors (Lipinski definition) is 1. The quantitative estimate of drug-likeness (QED) is 0.638. The summed E-state index contributed by atoms with van der Waals surface area (Å²) in [5, 5.41) is 1.22. The molecule has 13 heavy (non-hydrogen) atoms. The van der Waals surface area contributed by atoms with Crippen molar-refractivity contribution in [3.63, 3.8) is 0 Å². The Labute approximate surface area is 82.1 Å². The van der Waals surface area contributed by atoms with Crippen molar-refractivity contribution in [1.29, 1.82) is 0 Å². The number of carbonyl (C=O) groups is 1. The van der Waals surface area contributed by atoms with E-state index in [1.807, 2.05) is 6.07 Å². The van der Waals surface area contributed by atoms with E-state index in [9.17, 15) is 4.79 Å². The first-order chi connectivity index (χ1) is 6.36. The predicted molar refractivity (Wildman–Crippen MR) is 53.5 cm³/mol. The Balaban J connectivity index is 2.46. The summed E-state index contributed by atoms with van der Waals surface area (Å²) in [5.41, 5.74) is 1.07. The Kier molecular flexibility index (Phi) is 1.49. The van der Waals surface area contributed by atoms with Crippen LogP contribution in [-0.2, 0) is 6.42 Å². The summed E-state index contributed by atoms with van der Waals surface area (Å²) < 4.78 is 2.83. The van der Waals surface area contributed by atoms with E-state index in [-0.39, 0.29) is 0 Å². The molecular weight excluding hydrogens is 227 g/mol. The van der Waals surface area contributed by atoms with Crippen LogP contribution in [0.1, 0.15) is 21.2 Å². The molecule has 0 bridgehead atoms. The molecule has 0 radical (unpaired) electrons. The molecule has 1 aromatic carbocycles. The van der Waals surface area contributed by atoms with Gasteiger partial charge in [0.25, 0.3) is 0 Å². The molecule has 0 saturated carbocycles. The van der Waals surface area contributed by atoms with E-state index in [0.717, 1.165) is 18.4 Å². The maximum absolute atomic E-state index is 11.6. The van der Waals surface area contributed by atoms with Gasteiger partial charge in [0.05, 0.1) is 0 Å². The van der Waals surface area contributed by atoms with Gasteiger partial charge in [-0.1, -0.05) is 0 Å². The third-order valence-electron chi connectivity index (χ3n) is 2.53. The van der Waals surface area contributed by atoms with Crippen LogP contribution < -0.4 is 0 Å². The Morgan fingerprint density at radius 2 is 2.00 bits per heavy atom. The van der Waals surface area contributed by atoms with E-state index in [2.05, 4.69) is 18.2 Å². The molecule has 1 nitrogen and oxygen atoms in total. The summed E-state index contributed by atoms with van der Waals surface area (Å²) in [6.07, 6.45) is 1.77. The fourth-order valence-electron chi connectivity index (χ4n) is 1.93. The molecule has 0 spiro atoms. The second-order valence-electron chi connectivity index (χ2n) is 3.32. The monoisotopic (exact) mass is 236 g/mol. The zero-order chi connectivity index (χ0) is 8.84. The summed E-state index contributed by atoms with van der Waals surface area (Å²) >= 11 is 0.443. The standard InChI is InChI=1S/C11H8OSe/c12-8-5-6-10-11(8)7-3-1-2-4-9(7)13-10/h1-4H,5-6H2.